The Balaban J connectivity index is 1.21. The van der Waals surface area contributed by atoms with Crippen molar-refractivity contribution in [3.05, 3.63) is 69.3 Å². The molecule has 0 unspecified atom stereocenters. The summed E-state index contributed by atoms with van der Waals surface area (Å²) in [5.41, 5.74) is 4.14. The van der Waals surface area contributed by atoms with Gasteiger partial charge in [-0.15, -0.1) is 0 Å². The van der Waals surface area contributed by atoms with Crippen LogP contribution in [0.25, 0.3) is 0 Å². The number of aryl methyl sites for hydroxylation is 2. The van der Waals surface area contributed by atoms with E-state index in [0.29, 0.717) is 39.2 Å². The Hall–Kier alpha value is -3.64. The van der Waals surface area contributed by atoms with E-state index in [1.54, 1.807) is 18.3 Å². The van der Waals surface area contributed by atoms with Crippen molar-refractivity contribution in [2.75, 3.05) is 23.3 Å². The quantitative estimate of drug-likeness (QED) is 0.393. The van der Waals surface area contributed by atoms with E-state index in [9.17, 15) is 10.1 Å². The number of anilines is 2. The number of carbonyl (C=O) groups is 1. The molecule has 2 aliphatic rings. The third-order valence-corrected chi connectivity index (χ3v) is 7.26. The number of nitrogens with zero attached hydrogens (tertiary/aromatic N) is 4. The Morgan fingerprint density at radius 1 is 1.11 bits per heavy atom. The molecule has 1 saturated heterocycles. The van der Waals surface area contributed by atoms with Crippen LogP contribution in [-0.2, 0) is 0 Å². The van der Waals surface area contributed by atoms with Crippen molar-refractivity contribution in [1.29, 1.82) is 5.26 Å². The van der Waals surface area contributed by atoms with E-state index in [0.717, 1.165) is 55.6 Å². The van der Waals surface area contributed by atoms with Gasteiger partial charge in [-0.2, -0.15) is 10.2 Å². The molecule has 2 heterocycles. The van der Waals surface area contributed by atoms with Crippen LogP contribution in [0, 0.1) is 25.2 Å². The predicted molar refractivity (Wildman–Crippen MR) is 146 cm³/mol. The summed E-state index contributed by atoms with van der Waals surface area (Å²) in [4.78, 5) is 23.8. The van der Waals surface area contributed by atoms with Gasteiger partial charge in [0.25, 0.3) is 5.91 Å². The molecule has 0 spiro atoms. The molecule has 190 valence electrons. The van der Waals surface area contributed by atoms with Crippen LogP contribution >= 0.6 is 15.9 Å². The largest absolute Gasteiger partial charge is 0.437 e. The summed E-state index contributed by atoms with van der Waals surface area (Å²) in [6, 6.07) is 14.2. The second-order valence-electron chi connectivity index (χ2n) is 9.70. The molecule has 1 aliphatic heterocycles. The minimum atomic E-state index is 0.0118. The van der Waals surface area contributed by atoms with Crippen LogP contribution in [0.2, 0.25) is 0 Å². The first-order valence-corrected chi connectivity index (χ1v) is 13.3. The third kappa shape index (κ3) is 6.03. The zero-order valence-corrected chi connectivity index (χ0v) is 22.5. The molecule has 37 heavy (non-hydrogen) atoms. The summed E-state index contributed by atoms with van der Waals surface area (Å²) in [7, 11) is 0. The first-order valence-electron chi connectivity index (χ1n) is 12.5. The molecule has 1 amide bonds. The molecule has 0 atom stereocenters. The molecule has 3 aromatic rings. The maximum Gasteiger partial charge on any atom is 0.251 e. The zero-order valence-electron chi connectivity index (χ0n) is 20.9. The average molecular weight is 561 g/mol. The highest BCUT2D eigenvalue weighted by molar-refractivity contribution is 9.10. The lowest BCUT2D eigenvalue weighted by atomic mass is 10.0. The van der Waals surface area contributed by atoms with E-state index in [1.807, 2.05) is 32.0 Å². The number of piperidine rings is 1. The first kappa shape index (κ1) is 25.0. The summed E-state index contributed by atoms with van der Waals surface area (Å²) in [5, 5.41) is 15.7. The maximum absolute atomic E-state index is 12.4. The van der Waals surface area contributed by atoms with E-state index in [4.69, 9.17) is 4.74 Å². The molecule has 1 aliphatic carbocycles. The lowest BCUT2D eigenvalue weighted by Gasteiger charge is -2.34. The molecular weight excluding hydrogens is 532 g/mol. The summed E-state index contributed by atoms with van der Waals surface area (Å²) >= 11 is 3.49. The predicted octanol–water partition coefficient (Wildman–Crippen LogP) is 5.49. The van der Waals surface area contributed by atoms with Gasteiger partial charge in [-0.1, -0.05) is 6.07 Å². The number of aromatic nitrogens is 2. The van der Waals surface area contributed by atoms with Crippen LogP contribution in [0.15, 0.2) is 47.1 Å². The minimum Gasteiger partial charge on any atom is -0.437 e. The molecule has 8 nitrogen and oxygen atoms in total. The molecule has 2 aromatic carbocycles. The monoisotopic (exact) mass is 560 g/mol. The Morgan fingerprint density at radius 3 is 2.51 bits per heavy atom. The van der Waals surface area contributed by atoms with Gasteiger partial charge in [0, 0.05) is 36.4 Å². The van der Waals surface area contributed by atoms with Crippen LogP contribution in [-0.4, -0.2) is 41.0 Å². The normalized spacial score (nSPS) is 15.7. The van der Waals surface area contributed by atoms with E-state index in [1.165, 1.54) is 0 Å². The van der Waals surface area contributed by atoms with Crippen molar-refractivity contribution < 1.29 is 9.53 Å². The summed E-state index contributed by atoms with van der Waals surface area (Å²) in [6.45, 7) is 5.57. The fraction of sp³-hybridized carbons (Fsp3) is 0.357. The number of carbonyl (C=O) groups excluding carboxylic acids is 1. The standard InChI is InChI=1S/C28H29BrN6O2/c1-17-12-19(15-30)13-18(2)25(17)37-27-24(29)16-31-28(34-27)33-22-8-10-35(11-9-22)23-5-3-4-20(14-23)26(36)32-21-6-7-21/h3-5,12-14,16,21-22H,6-11H2,1-2H3,(H,32,36)(H,31,33,34). The Morgan fingerprint density at radius 2 is 1.84 bits per heavy atom. The molecule has 0 radical (unpaired) electrons. The van der Waals surface area contributed by atoms with Gasteiger partial charge in [-0.05, 0) is 96.9 Å². The molecule has 1 aromatic heterocycles. The van der Waals surface area contributed by atoms with Gasteiger partial charge >= 0.3 is 0 Å². The van der Waals surface area contributed by atoms with Crippen LogP contribution < -0.4 is 20.3 Å². The van der Waals surface area contributed by atoms with Crippen molar-refractivity contribution in [2.45, 2.75) is 51.6 Å². The topological polar surface area (TPSA) is 103 Å². The second kappa shape index (κ2) is 10.8. The van der Waals surface area contributed by atoms with E-state index >= 15 is 0 Å². The molecule has 9 heteroatoms. The fourth-order valence-corrected chi connectivity index (χ4v) is 4.84. The van der Waals surface area contributed by atoms with Gasteiger partial charge in [0.2, 0.25) is 11.8 Å². The minimum absolute atomic E-state index is 0.0118. The number of ether oxygens (including phenoxy) is 1. The van der Waals surface area contributed by atoms with E-state index < -0.39 is 0 Å². The lowest BCUT2D eigenvalue weighted by molar-refractivity contribution is 0.0951. The SMILES string of the molecule is Cc1cc(C#N)cc(C)c1Oc1nc(NC2CCN(c3cccc(C(=O)NC4CC4)c3)CC2)ncc1Br. The fourth-order valence-electron chi connectivity index (χ4n) is 4.57. The first-order chi connectivity index (χ1) is 17.9. The number of amides is 1. The number of nitrogens with one attached hydrogen (secondary N) is 2. The molecule has 5 rings (SSSR count). The van der Waals surface area contributed by atoms with Gasteiger partial charge in [0.05, 0.1) is 22.3 Å². The Labute approximate surface area is 225 Å². The maximum atomic E-state index is 12.4. The lowest BCUT2D eigenvalue weighted by Crippen LogP contribution is -2.39. The van der Waals surface area contributed by atoms with Gasteiger partial charge < -0.3 is 20.3 Å². The summed E-state index contributed by atoms with van der Waals surface area (Å²) in [6.07, 6.45) is 5.68. The molecule has 2 fully saturated rings. The number of benzene rings is 2. The van der Waals surface area contributed by atoms with Gasteiger partial charge in [-0.25, -0.2) is 4.98 Å². The van der Waals surface area contributed by atoms with Gasteiger partial charge in [0.1, 0.15) is 5.75 Å². The highest BCUT2D eigenvalue weighted by Gasteiger charge is 2.25. The van der Waals surface area contributed by atoms with Crippen LogP contribution in [0.5, 0.6) is 11.6 Å². The number of rotatable bonds is 7. The van der Waals surface area contributed by atoms with Crippen molar-refractivity contribution in [3.63, 3.8) is 0 Å². The molecule has 2 N–H and O–H groups in total. The highest BCUT2D eigenvalue weighted by atomic mass is 79.9. The van der Waals surface area contributed by atoms with Crippen LogP contribution in [0.1, 0.15) is 52.7 Å². The van der Waals surface area contributed by atoms with Crippen molar-refractivity contribution >= 4 is 33.5 Å². The number of halogens is 1. The van der Waals surface area contributed by atoms with Crippen molar-refractivity contribution in [3.8, 4) is 17.7 Å². The highest BCUT2D eigenvalue weighted by Crippen LogP contribution is 2.33. The number of nitriles is 1. The smallest absolute Gasteiger partial charge is 0.251 e. The molecule has 0 bridgehead atoms. The van der Waals surface area contributed by atoms with Crippen molar-refractivity contribution in [1.82, 2.24) is 15.3 Å². The molecule has 1 saturated carbocycles. The van der Waals surface area contributed by atoms with Crippen LogP contribution in [0.3, 0.4) is 0 Å². The number of hydrogen-bond acceptors (Lipinski definition) is 7. The third-order valence-electron chi connectivity index (χ3n) is 6.71. The van der Waals surface area contributed by atoms with Crippen LogP contribution in [0.4, 0.5) is 11.6 Å². The average Bonchev–Trinajstić information content (AvgIpc) is 3.72. The van der Waals surface area contributed by atoms with E-state index in [2.05, 4.69) is 53.6 Å². The number of hydrogen-bond donors (Lipinski definition) is 2. The van der Waals surface area contributed by atoms with Gasteiger partial charge in [-0.3, -0.25) is 4.79 Å². The van der Waals surface area contributed by atoms with E-state index in [-0.39, 0.29) is 11.9 Å². The summed E-state index contributed by atoms with van der Waals surface area (Å²) in [5.74, 6) is 1.63. The Bertz CT molecular complexity index is 1340. The van der Waals surface area contributed by atoms with Gasteiger partial charge in [0.15, 0.2) is 0 Å². The second-order valence-corrected chi connectivity index (χ2v) is 10.6. The zero-order chi connectivity index (χ0) is 25.9. The summed E-state index contributed by atoms with van der Waals surface area (Å²) < 4.78 is 6.80. The Kier molecular flexibility index (Phi) is 7.28. The molecular formula is C28H29BrN6O2. The van der Waals surface area contributed by atoms with Crippen molar-refractivity contribution in [2.24, 2.45) is 0 Å².